The van der Waals surface area contributed by atoms with Crippen LogP contribution in [-0.4, -0.2) is 28.4 Å². The second-order valence-corrected chi connectivity index (χ2v) is 7.91. The first-order valence-corrected chi connectivity index (χ1v) is 9.46. The second kappa shape index (κ2) is 6.47. The molecule has 1 aliphatic heterocycles. The van der Waals surface area contributed by atoms with Gasteiger partial charge in [-0.1, -0.05) is 52.3 Å². The fraction of sp³-hybridized carbons (Fsp3) is 0.286. The summed E-state index contributed by atoms with van der Waals surface area (Å²) in [4.78, 5) is 39.3. The third-order valence-corrected chi connectivity index (χ3v) is 5.94. The van der Waals surface area contributed by atoms with Crippen LogP contribution in [-0.2, 0) is 27.2 Å². The minimum Gasteiger partial charge on any atom is -0.324 e. The summed E-state index contributed by atoms with van der Waals surface area (Å²) in [6.45, 7) is 1.40. The molecule has 0 bridgehead atoms. The summed E-state index contributed by atoms with van der Waals surface area (Å²) in [5.74, 6) is -2.29. The van der Waals surface area contributed by atoms with Crippen molar-refractivity contribution in [1.82, 2.24) is 4.90 Å². The van der Waals surface area contributed by atoms with Gasteiger partial charge in [0.15, 0.2) is 0 Å². The summed E-state index contributed by atoms with van der Waals surface area (Å²) < 4.78 is 0.913. The summed E-state index contributed by atoms with van der Waals surface area (Å²) >= 11 is 3.41. The number of benzene rings is 2. The van der Waals surface area contributed by atoms with Crippen LogP contribution in [0.4, 0.5) is 0 Å². The maximum absolute atomic E-state index is 12.8. The number of hydrogen-bond donors (Lipinski definition) is 0. The van der Waals surface area contributed by atoms with Crippen LogP contribution in [0.25, 0.3) is 0 Å². The van der Waals surface area contributed by atoms with Crippen LogP contribution in [0.3, 0.4) is 0 Å². The molecule has 4 rings (SSSR count). The van der Waals surface area contributed by atoms with Gasteiger partial charge < -0.3 is 4.90 Å². The number of amides is 1. The van der Waals surface area contributed by atoms with E-state index in [1.165, 1.54) is 18.1 Å². The number of ketones is 2. The Hall–Kier alpha value is -2.27. The van der Waals surface area contributed by atoms with Gasteiger partial charge in [-0.25, -0.2) is 0 Å². The molecule has 1 fully saturated rings. The summed E-state index contributed by atoms with van der Waals surface area (Å²) in [5.41, 5.74) is 3.24. The largest absolute Gasteiger partial charge is 0.324 e. The van der Waals surface area contributed by atoms with Crippen LogP contribution in [0, 0.1) is 5.92 Å². The van der Waals surface area contributed by atoms with Gasteiger partial charge in [-0.3, -0.25) is 14.4 Å². The molecular weight excluding hydrogens is 394 g/mol. The van der Waals surface area contributed by atoms with E-state index < -0.39 is 23.7 Å². The fourth-order valence-electron chi connectivity index (χ4n) is 4.24. The van der Waals surface area contributed by atoms with Crippen molar-refractivity contribution in [2.45, 2.75) is 31.8 Å². The summed E-state index contributed by atoms with van der Waals surface area (Å²) in [6, 6.07) is 15.0. The molecule has 0 saturated carbocycles. The van der Waals surface area contributed by atoms with Gasteiger partial charge in [-0.05, 0) is 48.6 Å². The maximum atomic E-state index is 12.8. The Morgan fingerprint density at radius 2 is 1.58 bits per heavy atom. The van der Waals surface area contributed by atoms with E-state index in [9.17, 15) is 14.4 Å². The Morgan fingerprint density at radius 3 is 2.12 bits per heavy atom. The number of rotatable bonds is 3. The minimum absolute atomic E-state index is 0.0955. The molecule has 0 N–H and O–H groups in total. The molecular formula is C21H18BrNO3. The van der Waals surface area contributed by atoms with E-state index in [4.69, 9.17) is 0 Å². The van der Waals surface area contributed by atoms with Crippen LogP contribution in [0.1, 0.15) is 29.7 Å². The monoisotopic (exact) mass is 411 g/mol. The van der Waals surface area contributed by atoms with Crippen molar-refractivity contribution in [2.24, 2.45) is 5.92 Å². The number of Topliss-reactive ketones (excluding diaryl/α,β-unsaturated/α-hetero) is 2. The van der Waals surface area contributed by atoms with Gasteiger partial charge in [0.2, 0.25) is 5.78 Å². The summed E-state index contributed by atoms with van der Waals surface area (Å²) in [6.07, 6.45) is 1.43. The number of nitrogens with zero attached hydrogens (tertiary/aromatic N) is 1. The Labute approximate surface area is 160 Å². The topological polar surface area (TPSA) is 54.5 Å². The first-order chi connectivity index (χ1) is 12.5. The molecule has 26 heavy (non-hydrogen) atoms. The third-order valence-electron chi connectivity index (χ3n) is 5.42. The molecule has 1 saturated heterocycles. The molecule has 2 aromatic carbocycles. The highest BCUT2D eigenvalue weighted by atomic mass is 79.9. The zero-order valence-corrected chi connectivity index (χ0v) is 15.9. The number of carbonyl (C=O) groups excluding carboxylic acids is 3. The summed E-state index contributed by atoms with van der Waals surface area (Å²) in [5, 5.41) is 0. The van der Waals surface area contributed by atoms with Gasteiger partial charge in [-0.2, -0.15) is 0 Å². The molecule has 0 radical (unpaired) electrons. The average Bonchev–Trinajstić information content (AvgIpc) is 3.15. The molecule has 2 unspecified atom stereocenters. The second-order valence-electron chi connectivity index (χ2n) is 6.99. The molecule has 4 nitrogen and oxygen atoms in total. The van der Waals surface area contributed by atoms with E-state index in [1.54, 1.807) is 4.90 Å². The number of likely N-dealkylation sites (tertiary alicyclic amines) is 1. The predicted octanol–water partition coefficient (Wildman–Crippen LogP) is 3.27. The molecule has 1 aliphatic carbocycles. The van der Waals surface area contributed by atoms with Crippen molar-refractivity contribution in [3.63, 3.8) is 0 Å². The zero-order chi connectivity index (χ0) is 18.4. The van der Waals surface area contributed by atoms with E-state index in [2.05, 4.69) is 28.1 Å². The SMILES string of the molecule is CC(=O)C1C(=O)C(=O)N(C2Cc3ccccc3C2)C1c1ccc(Br)cc1. The standard InChI is InChI=1S/C21H18BrNO3/c1-12(24)18-19(13-6-8-16(22)9-7-13)23(21(26)20(18)25)17-10-14-4-2-3-5-15(14)11-17/h2-9,17-19H,10-11H2,1H3. The van der Waals surface area contributed by atoms with E-state index in [-0.39, 0.29) is 11.8 Å². The lowest BCUT2D eigenvalue weighted by Crippen LogP contribution is -2.40. The van der Waals surface area contributed by atoms with E-state index >= 15 is 0 Å². The van der Waals surface area contributed by atoms with Crippen molar-refractivity contribution in [3.8, 4) is 0 Å². The van der Waals surface area contributed by atoms with Crippen molar-refractivity contribution in [2.75, 3.05) is 0 Å². The van der Waals surface area contributed by atoms with Gasteiger partial charge in [0.05, 0.1) is 6.04 Å². The number of hydrogen-bond acceptors (Lipinski definition) is 3. The molecule has 1 amide bonds. The zero-order valence-electron chi connectivity index (χ0n) is 14.3. The molecule has 2 atom stereocenters. The number of carbonyl (C=O) groups is 3. The smallest absolute Gasteiger partial charge is 0.291 e. The first kappa shape index (κ1) is 17.2. The van der Waals surface area contributed by atoms with Crippen LogP contribution >= 0.6 is 15.9 Å². The van der Waals surface area contributed by atoms with Gasteiger partial charge in [0.1, 0.15) is 11.7 Å². The Balaban J connectivity index is 1.76. The van der Waals surface area contributed by atoms with Crippen LogP contribution in [0.15, 0.2) is 53.0 Å². The maximum Gasteiger partial charge on any atom is 0.291 e. The fourth-order valence-corrected chi connectivity index (χ4v) is 4.50. The van der Waals surface area contributed by atoms with Crippen molar-refractivity contribution < 1.29 is 14.4 Å². The quantitative estimate of drug-likeness (QED) is 0.575. The Kier molecular flexibility index (Phi) is 4.27. The highest BCUT2D eigenvalue weighted by Crippen LogP contribution is 2.41. The Morgan fingerprint density at radius 1 is 1.00 bits per heavy atom. The lowest BCUT2D eigenvalue weighted by molar-refractivity contribution is -0.143. The van der Waals surface area contributed by atoms with Crippen LogP contribution in [0.2, 0.25) is 0 Å². The lowest BCUT2D eigenvalue weighted by Gasteiger charge is -2.32. The van der Waals surface area contributed by atoms with Gasteiger partial charge in [-0.15, -0.1) is 0 Å². The average molecular weight is 412 g/mol. The van der Waals surface area contributed by atoms with Gasteiger partial charge in [0.25, 0.3) is 5.91 Å². The molecule has 0 aromatic heterocycles. The van der Waals surface area contributed by atoms with Crippen LogP contribution < -0.4 is 0 Å². The molecule has 0 spiro atoms. The predicted molar refractivity (Wildman–Crippen MR) is 101 cm³/mol. The highest BCUT2D eigenvalue weighted by molar-refractivity contribution is 9.10. The van der Waals surface area contributed by atoms with E-state index in [1.807, 2.05) is 36.4 Å². The normalized spacial score (nSPS) is 22.8. The molecule has 1 heterocycles. The number of fused-ring (bicyclic) bond motifs is 1. The third kappa shape index (κ3) is 2.71. The van der Waals surface area contributed by atoms with E-state index in [0.717, 1.165) is 10.0 Å². The first-order valence-electron chi connectivity index (χ1n) is 8.66. The van der Waals surface area contributed by atoms with Gasteiger partial charge >= 0.3 is 0 Å². The molecule has 2 aliphatic rings. The van der Waals surface area contributed by atoms with Crippen molar-refractivity contribution in [3.05, 3.63) is 69.7 Å². The van der Waals surface area contributed by atoms with E-state index in [0.29, 0.717) is 12.8 Å². The van der Waals surface area contributed by atoms with Crippen LogP contribution in [0.5, 0.6) is 0 Å². The van der Waals surface area contributed by atoms with Gasteiger partial charge in [0, 0.05) is 10.5 Å². The van der Waals surface area contributed by atoms with Crippen molar-refractivity contribution in [1.29, 1.82) is 0 Å². The lowest BCUT2D eigenvalue weighted by atomic mass is 9.89. The molecule has 132 valence electrons. The molecule has 5 heteroatoms. The Bertz CT molecular complexity index is 881. The molecule has 2 aromatic rings. The summed E-state index contributed by atoms with van der Waals surface area (Å²) in [7, 11) is 0. The highest BCUT2D eigenvalue weighted by Gasteiger charge is 2.53. The number of halogens is 1. The minimum atomic E-state index is -0.924. The van der Waals surface area contributed by atoms with Crippen molar-refractivity contribution >= 4 is 33.4 Å².